The summed E-state index contributed by atoms with van der Waals surface area (Å²) in [6.07, 6.45) is 1.26. The third-order valence-corrected chi connectivity index (χ3v) is 1.48. The van der Waals surface area contributed by atoms with Gasteiger partial charge in [0.25, 0.3) is 0 Å². The Kier molecular flexibility index (Phi) is 7.37. The number of rotatable bonds is 3. The van der Waals surface area contributed by atoms with E-state index in [-0.39, 0.29) is 45.1 Å². The molecular formula is C9H18O2Pb. The minimum atomic E-state index is -0.693. The van der Waals surface area contributed by atoms with Crippen molar-refractivity contribution in [3.8, 4) is 0 Å². The van der Waals surface area contributed by atoms with E-state index >= 15 is 0 Å². The van der Waals surface area contributed by atoms with Gasteiger partial charge in [0.1, 0.15) is 0 Å². The zero-order valence-electron chi connectivity index (χ0n) is 8.35. The van der Waals surface area contributed by atoms with Crippen LogP contribution in [-0.2, 0) is 4.79 Å². The molecule has 0 aromatic rings. The molecule has 1 atom stereocenters. The molecule has 12 heavy (non-hydrogen) atoms. The number of hydrogen-bond acceptors (Lipinski definition) is 1. The average molecular weight is 365 g/mol. The van der Waals surface area contributed by atoms with E-state index in [1.54, 1.807) is 0 Å². The van der Waals surface area contributed by atoms with E-state index in [9.17, 15) is 4.79 Å². The molecule has 0 rings (SSSR count). The third-order valence-electron chi connectivity index (χ3n) is 1.48. The Labute approximate surface area is 94.9 Å². The minimum Gasteiger partial charge on any atom is -0.481 e. The van der Waals surface area contributed by atoms with Crippen molar-refractivity contribution in [1.82, 2.24) is 0 Å². The molecule has 70 valence electrons. The third kappa shape index (κ3) is 10.4. The molecule has 0 amide bonds. The first-order valence-electron chi connectivity index (χ1n) is 4.03. The molecule has 0 aromatic carbocycles. The topological polar surface area (TPSA) is 37.3 Å². The second kappa shape index (κ2) is 5.94. The molecule has 0 saturated carbocycles. The van der Waals surface area contributed by atoms with Crippen molar-refractivity contribution >= 4 is 33.3 Å². The van der Waals surface area contributed by atoms with Gasteiger partial charge in [-0.15, -0.1) is 0 Å². The molecule has 0 aromatic heterocycles. The maximum Gasteiger partial charge on any atom is 0.303 e. The van der Waals surface area contributed by atoms with Crippen molar-refractivity contribution in [2.75, 3.05) is 0 Å². The molecule has 0 saturated heterocycles. The van der Waals surface area contributed by atoms with E-state index in [1.807, 2.05) is 6.92 Å². The number of carboxylic acids is 1. The largest absolute Gasteiger partial charge is 0.481 e. The fraction of sp³-hybridized carbons (Fsp3) is 0.889. The SMILES string of the molecule is CC(CC(=O)O)CC(C)(C)C.[Pb]. The van der Waals surface area contributed by atoms with Crippen molar-refractivity contribution in [2.24, 2.45) is 11.3 Å². The summed E-state index contributed by atoms with van der Waals surface area (Å²) < 4.78 is 0. The van der Waals surface area contributed by atoms with Gasteiger partial charge in [0.15, 0.2) is 0 Å². The number of hydrogen-bond donors (Lipinski definition) is 1. The number of aliphatic carboxylic acids is 1. The van der Waals surface area contributed by atoms with Crippen LogP contribution >= 0.6 is 0 Å². The molecule has 3 heteroatoms. The summed E-state index contributed by atoms with van der Waals surface area (Å²) in [5, 5.41) is 8.48. The van der Waals surface area contributed by atoms with E-state index in [0.717, 1.165) is 6.42 Å². The van der Waals surface area contributed by atoms with Crippen LogP contribution < -0.4 is 0 Å². The quantitative estimate of drug-likeness (QED) is 0.779. The first-order valence-corrected chi connectivity index (χ1v) is 4.03. The van der Waals surface area contributed by atoms with Crippen LogP contribution in [0.25, 0.3) is 0 Å². The summed E-state index contributed by atoms with van der Waals surface area (Å²) in [5.74, 6) is -0.408. The molecule has 0 aliphatic heterocycles. The normalized spacial score (nSPS) is 13.3. The zero-order chi connectivity index (χ0) is 9.07. The molecule has 0 fully saturated rings. The molecule has 0 spiro atoms. The first kappa shape index (κ1) is 14.9. The second-order valence-electron chi connectivity index (χ2n) is 4.47. The van der Waals surface area contributed by atoms with E-state index < -0.39 is 5.97 Å². The molecule has 0 heterocycles. The fourth-order valence-electron chi connectivity index (χ4n) is 1.42. The Bertz CT molecular complexity index is 138. The maximum absolute atomic E-state index is 10.3. The van der Waals surface area contributed by atoms with Crippen LogP contribution in [0.4, 0.5) is 0 Å². The summed E-state index contributed by atoms with van der Waals surface area (Å²) in [5.41, 5.74) is 0.245. The van der Waals surface area contributed by atoms with Gasteiger partial charge in [-0.1, -0.05) is 27.7 Å². The summed E-state index contributed by atoms with van der Waals surface area (Å²) in [7, 11) is 0. The maximum atomic E-state index is 10.3. The molecule has 1 unspecified atom stereocenters. The van der Waals surface area contributed by atoms with Gasteiger partial charge in [-0.05, 0) is 17.8 Å². The Morgan fingerprint density at radius 3 is 2.08 bits per heavy atom. The van der Waals surface area contributed by atoms with Gasteiger partial charge in [0.2, 0.25) is 0 Å². The van der Waals surface area contributed by atoms with Crippen LogP contribution in [0.2, 0.25) is 0 Å². The van der Waals surface area contributed by atoms with Crippen LogP contribution in [0, 0.1) is 11.3 Å². The van der Waals surface area contributed by atoms with Gasteiger partial charge >= 0.3 is 5.97 Å². The Morgan fingerprint density at radius 2 is 1.83 bits per heavy atom. The van der Waals surface area contributed by atoms with E-state index in [4.69, 9.17) is 5.11 Å². The van der Waals surface area contributed by atoms with Gasteiger partial charge in [0.05, 0.1) is 0 Å². The van der Waals surface area contributed by atoms with Crippen LogP contribution in [0.5, 0.6) is 0 Å². The van der Waals surface area contributed by atoms with Crippen LogP contribution in [0.15, 0.2) is 0 Å². The molecular weight excluding hydrogens is 347 g/mol. The predicted octanol–water partition coefficient (Wildman–Crippen LogP) is 2.15. The van der Waals surface area contributed by atoms with Crippen molar-refractivity contribution < 1.29 is 9.90 Å². The average Bonchev–Trinajstić information content (AvgIpc) is 1.53. The fourth-order valence-corrected chi connectivity index (χ4v) is 1.42. The van der Waals surface area contributed by atoms with Gasteiger partial charge in [-0.25, -0.2) is 0 Å². The monoisotopic (exact) mass is 366 g/mol. The van der Waals surface area contributed by atoms with Crippen LogP contribution in [0.3, 0.4) is 0 Å². The predicted molar refractivity (Wildman–Crippen MR) is 51.2 cm³/mol. The van der Waals surface area contributed by atoms with Crippen LogP contribution in [-0.4, -0.2) is 38.4 Å². The molecule has 2 nitrogen and oxygen atoms in total. The second-order valence-corrected chi connectivity index (χ2v) is 4.47. The van der Waals surface area contributed by atoms with Gasteiger partial charge in [0, 0.05) is 33.7 Å². The van der Waals surface area contributed by atoms with E-state index in [1.165, 1.54) is 0 Å². The summed E-state index contributed by atoms with van der Waals surface area (Å²) in [4.78, 5) is 10.3. The molecule has 4 radical (unpaired) electrons. The standard InChI is InChI=1S/C9H18O2.Pb/c1-7(5-8(10)11)6-9(2,3)4;/h7H,5-6H2,1-4H3,(H,10,11);. The molecule has 0 bridgehead atoms. The van der Waals surface area contributed by atoms with Crippen molar-refractivity contribution in [3.05, 3.63) is 0 Å². The van der Waals surface area contributed by atoms with Gasteiger partial charge in [-0.2, -0.15) is 0 Å². The Balaban J connectivity index is 0. The smallest absolute Gasteiger partial charge is 0.303 e. The van der Waals surface area contributed by atoms with Gasteiger partial charge in [-0.3, -0.25) is 4.79 Å². The molecule has 0 aliphatic carbocycles. The zero-order valence-corrected chi connectivity index (χ0v) is 12.2. The van der Waals surface area contributed by atoms with Crippen molar-refractivity contribution in [2.45, 2.75) is 40.5 Å². The van der Waals surface area contributed by atoms with E-state index in [2.05, 4.69) is 20.8 Å². The number of carbonyl (C=O) groups is 1. The molecule has 0 aliphatic rings. The summed E-state index contributed by atoms with van der Waals surface area (Å²) in [6.45, 7) is 8.38. The Morgan fingerprint density at radius 1 is 1.42 bits per heavy atom. The number of carboxylic acid groups (broad SMARTS) is 1. The van der Waals surface area contributed by atoms with Crippen LogP contribution in [0.1, 0.15) is 40.5 Å². The Hall–Kier alpha value is 0.392. The molecule has 1 N–H and O–H groups in total. The minimum absolute atomic E-state index is 0. The summed E-state index contributed by atoms with van der Waals surface area (Å²) >= 11 is 0. The van der Waals surface area contributed by atoms with Crippen molar-refractivity contribution in [3.63, 3.8) is 0 Å². The van der Waals surface area contributed by atoms with Gasteiger partial charge < -0.3 is 5.11 Å². The van der Waals surface area contributed by atoms with Crippen molar-refractivity contribution in [1.29, 1.82) is 0 Å². The van der Waals surface area contributed by atoms with E-state index in [0.29, 0.717) is 0 Å². The summed E-state index contributed by atoms with van der Waals surface area (Å²) in [6, 6.07) is 0. The first-order chi connectivity index (χ1) is 4.81.